The summed E-state index contributed by atoms with van der Waals surface area (Å²) in [7, 11) is -0.621. The molecule has 190 valence electrons. The molecule has 0 aliphatic carbocycles. The van der Waals surface area contributed by atoms with Crippen molar-refractivity contribution in [2.45, 2.75) is 6.42 Å². The van der Waals surface area contributed by atoms with Gasteiger partial charge in [0.05, 0.1) is 16.7 Å². The van der Waals surface area contributed by atoms with Crippen molar-refractivity contribution in [2.75, 3.05) is 11.5 Å². The minimum atomic E-state index is -0.621. The number of nitrogens with one attached hydrogen (secondary N) is 1. The average Bonchev–Trinajstić information content (AvgIpc) is 3.02. The number of hydrogen-bond donors (Lipinski definition) is 1. The third-order valence-electron chi connectivity index (χ3n) is 7.88. The summed E-state index contributed by atoms with van der Waals surface area (Å²) in [6.07, 6.45) is 1.92. The molecule has 5 aromatic carbocycles. The highest BCUT2D eigenvalue weighted by atomic mass is 31.1. The van der Waals surface area contributed by atoms with Crippen LogP contribution >= 0.6 is 7.92 Å². The zero-order chi connectivity index (χ0) is 26.5. The number of aromatic nitrogens is 2. The van der Waals surface area contributed by atoms with E-state index in [1.165, 1.54) is 16.0 Å². The van der Waals surface area contributed by atoms with Gasteiger partial charge >= 0.3 is 0 Å². The van der Waals surface area contributed by atoms with Crippen LogP contribution < -0.4 is 15.9 Å². The molecule has 3 heterocycles. The number of hydrogen-bond acceptors (Lipinski definition) is 3. The fraction of sp³-hybridized carbons (Fsp3) is 0.0556. The first-order chi connectivity index (χ1) is 19.8. The van der Waals surface area contributed by atoms with Crippen LogP contribution in [0.25, 0.3) is 43.8 Å². The van der Waals surface area contributed by atoms with E-state index in [4.69, 9.17) is 9.97 Å². The van der Waals surface area contributed by atoms with E-state index in [1.54, 1.807) is 0 Å². The summed E-state index contributed by atoms with van der Waals surface area (Å²) < 4.78 is 0. The number of benzene rings is 5. The summed E-state index contributed by atoms with van der Waals surface area (Å²) in [6, 6.07) is 45.8. The molecule has 1 aliphatic heterocycles. The van der Waals surface area contributed by atoms with Crippen LogP contribution in [0, 0.1) is 0 Å². The Kier molecular flexibility index (Phi) is 5.57. The molecular weight excluding hydrogens is 505 g/mol. The second-order valence-electron chi connectivity index (χ2n) is 10.3. The summed E-state index contributed by atoms with van der Waals surface area (Å²) in [5.74, 6) is 0. The Hall–Kier alpha value is -4.59. The molecule has 0 fully saturated rings. The van der Waals surface area contributed by atoms with Gasteiger partial charge in [0.25, 0.3) is 0 Å². The minimum absolute atomic E-state index is 0.621. The Morgan fingerprint density at radius 1 is 0.550 bits per heavy atom. The molecule has 4 bridgehead atoms. The number of aryl methyl sites for hydroxylation is 1. The topological polar surface area (TPSA) is 37.8 Å². The van der Waals surface area contributed by atoms with Gasteiger partial charge in [-0.25, -0.2) is 4.98 Å². The molecule has 7 aromatic rings. The fourth-order valence-electron chi connectivity index (χ4n) is 5.90. The van der Waals surface area contributed by atoms with E-state index in [2.05, 4.69) is 133 Å². The second-order valence-corrected chi connectivity index (χ2v) is 12.6. The van der Waals surface area contributed by atoms with Crippen molar-refractivity contribution in [1.29, 1.82) is 0 Å². The molecule has 3 nitrogen and oxygen atoms in total. The summed E-state index contributed by atoms with van der Waals surface area (Å²) in [4.78, 5) is 10.6. The number of anilines is 2. The summed E-state index contributed by atoms with van der Waals surface area (Å²) >= 11 is 0. The van der Waals surface area contributed by atoms with Gasteiger partial charge < -0.3 is 5.32 Å². The summed E-state index contributed by atoms with van der Waals surface area (Å²) in [6.45, 7) is 0. The lowest BCUT2D eigenvalue weighted by atomic mass is 10.0. The van der Waals surface area contributed by atoms with Gasteiger partial charge in [-0.2, -0.15) is 0 Å². The predicted molar refractivity (Wildman–Crippen MR) is 171 cm³/mol. The lowest BCUT2D eigenvalue weighted by Gasteiger charge is -2.23. The first-order valence-electron chi connectivity index (χ1n) is 13.7. The molecule has 8 rings (SSSR count). The standard InChI is InChI=1S/C36H26N3P/c1-2-8-28(9-3-1)40-23-22-27-20-18-25-16-14-24-15-17-26-19-21-31(39-36(26)34(24)35(25)37-27)29-10-4-5-11-30(29)38-32-12-6-7-13-33(32)40/h1-21,38H,22-23H2. The molecule has 1 N–H and O–H groups in total. The zero-order valence-electron chi connectivity index (χ0n) is 21.9. The average molecular weight is 532 g/mol. The summed E-state index contributed by atoms with van der Waals surface area (Å²) in [5, 5.41) is 11.1. The Morgan fingerprint density at radius 2 is 1.20 bits per heavy atom. The van der Waals surface area contributed by atoms with Gasteiger partial charge in [-0.05, 0) is 55.5 Å². The van der Waals surface area contributed by atoms with Crippen molar-refractivity contribution in [3.63, 3.8) is 0 Å². The molecule has 0 saturated carbocycles. The molecule has 2 aromatic heterocycles. The van der Waals surface area contributed by atoms with Crippen LogP contribution in [-0.2, 0) is 6.42 Å². The molecule has 0 spiro atoms. The Balaban J connectivity index is 1.44. The van der Waals surface area contributed by atoms with Gasteiger partial charge in [0, 0.05) is 44.1 Å². The van der Waals surface area contributed by atoms with Crippen molar-refractivity contribution < 1.29 is 0 Å². The Labute approximate surface area is 234 Å². The first kappa shape index (κ1) is 23.3. The third kappa shape index (κ3) is 3.94. The van der Waals surface area contributed by atoms with Gasteiger partial charge in [-0.15, -0.1) is 0 Å². The van der Waals surface area contributed by atoms with Crippen molar-refractivity contribution in [2.24, 2.45) is 0 Å². The van der Waals surface area contributed by atoms with Crippen LogP contribution in [-0.4, -0.2) is 16.1 Å². The third-order valence-corrected chi connectivity index (χ3v) is 10.4. The normalized spacial score (nSPS) is 14.8. The van der Waals surface area contributed by atoms with Crippen molar-refractivity contribution in [1.82, 2.24) is 9.97 Å². The van der Waals surface area contributed by atoms with E-state index >= 15 is 0 Å². The van der Waals surface area contributed by atoms with E-state index in [9.17, 15) is 0 Å². The second kappa shape index (κ2) is 9.55. The van der Waals surface area contributed by atoms with Gasteiger partial charge in [-0.3, -0.25) is 4.98 Å². The first-order valence-corrected chi connectivity index (χ1v) is 15.2. The van der Waals surface area contributed by atoms with Crippen molar-refractivity contribution >= 4 is 62.5 Å². The van der Waals surface area contributed by atoms with E-state index in [1.807, 2.05) is 0 Å². The van der Waals surface area contributed by atoms with Gasteiger partial charge in [0.2, 0.25) is 0 Å². The maximum Gasteiger partial charge on any atom is 0.0809 e. The molecular formula is C36H26N3P. The number of fused-ring (bicyclic) bond motifs is 5. The summed E-state index contributed by atoms with van der Waals surface area (Å²) in [5.41, 5.74) is 7.41. The van der Waals surface area contributed by atoms with Crippen molar-refractivity contribution in [3.05, 3.63) is 133 Å². The highest BCUT2D eigenvalue weighted by Crippen LogP contribution is 2.40. The van der Waals surface area contributed by atoms with E-state index < -0.39 is 7.92 Å². The highest BCUT2D eigenvalue weighted by Gasteiger charge is 2.20. The molecule has 0 radical (unpaired) electrons. The van der Waals surface area contributed by atoms with Gasteiger partial charge in [-0.1, -0.05) is 103 Å². The number of nitrogens with zero attached hydrogens (tertiary/aromatic N) is 2. The predicted octanol–water partition coefficient (Wildman–Crippen LogP) is 8.34. The van der Waals surface area contributed by atoms with E-state index in [0.717, 1.165) is 68.1 Å². The smallest absolute Gasteiger partial charge is 0.0809 e. The lowest BCUT2D eigenvalue weighted by molar-refractivity contribution is 1.07. The monoisotopic (exact) mass is 531 g/mol. The molecule has 40 heavy (non-hydrogen) atoms. The quantitative estimate of drug-likeness (QED) is 0.171. The maximum absolute atomic E-state index is 5.31. The zero-order valence-corrected chi connectivity index (χ0v) is 22.8. The largest absolute Gasteiger partial charge is 0.354 e. The van der Waals surface area contributed by atoms with Crippen LogP contribution in [0.1, 0.15) is 5.69 Å². The molecule has 0 amide bonds. The molecule has 4 heteroatoms. The van der Waals surface area contributed by atoms with Crippen LogP contribution in [0.3, 0.4) is 0 Å². The molecule has 1 atom stereocenters. The van der Waals surface area contributed by atoms with Crippen LogP contribution in [0.4, 0.5) is 11.4 Å². The number of pyridine rings is 2. The number of rotatable bonds is 1. The minimum Gasteiger partial charge on any atom is -0.354 e. The maximum atomic E-state index is 5.31. The van der Waals surface area contributed by atoms with E-state index in [-0.39, 0.29) is 0 Å². The molecule has 1 unspecified atom stereocenters. The SMILES string of the molecule is c1ccc(P2CCc3ccc4ccc5ccc6ccc(nc6c5c4n3)-c3ccccc3Nc3ccccc32)cc1. The number of para-hydroxylation sites is 2. The van der Waals surface area contributed by atoms with Crippen LogP contribution in [0.15, 0.2) is 127 Å². The lowest BCUT2D eigenvalue weighted by Crippen LogP contribution is -2.18. The highest BCUT2D eigenvalue weighted by molar-refractivity contribution is 7.73. The Morgan fingerprint density at radius 3 is 2.05 bits per heavy atom. The molecule has 0 saturated heterocycles. The van der Waals surface area contributed by atoms with Crippen LogP contribution in [0.5, 0.6) is 0 Å². The van der Waals surface area contributed by atoms with Gasteiger partial charge in [0.1, 0.15) is 0 Å². The van der Waals surface area contributed by atoms with Gasteiger partial charge in [0.15, 0.2) is 0 Å². The van der Waals surface area contributed by atoms with Crippen molar-refractivity contribution in [3.8, 4) is 11.3 Å². The van der Waals surface area contributed by atoms with Crippen LogP contribution in [0.2, 0.25) is 0 Å². The fourth-order valence-corrected chi connectivity index (χ4v) is 8.35. The Bertz CT molecular complexity index is 2050. The molecule has 1 aliphatic rings. The van der Waals surface area contributed by atoms with E-state index in [0.29, 0.717) is 0 Å².